The minimum atomic E-state index is -0.00283. The van der Waals surface area contributed by atoms with E-state index in [1.807, 2.05) is 48.5 Å². The molecular formula is C36H36O2. The number of aldehydes is 2. The van der Waals surface area contributed by atoms with Crippen molar-refractivity contribution in [3.8, 4) is 22.3 Å². The van der Waals surface area contributed by atoms with E-state index in [0.717, 1.165) is 36.5 Å². The topological polar surface area (TPSA) is 34.1 Å². The summed E-state index contributed by atoms with van der Waals surface area (Å²) in [6.45, 7) is 0. The second kappa shape index (κ2) is 12.2. The third-order valence-electron chi connectivity index (χ3n) is 8.34. The second-order valence-electron chi connectivity index (χ2n) is 10.7. The molecule has 1 fully saturated rings. The lowest BCUT2D eigenvalue weighted by Gasteiger charge is -2.36. The van der Waals surface area contributed by atoms with E-state index in [9.17, 15) is 9.59 Å². The molecule has 1 aliphatic rings. The SMILES string of the molecule is O=Cc1ccc(-c2ccc(C3(c4ccc(-c5ccc(C=O)cc5)cc4)CCCCCCCCC3)cc2)cc1. The highest BCUT2D eigenvalue weighted by Crippen LogP contribution is 2.43. The summed E-state index contributed by atoms with van der Waals surface area (Å²) in [6, 6.07) is 33.9. The Hall–Kier alpha value is -3.78. The first-order chi connectivity index (χ1) is 18.7. The van der Waals surface area contributed by atoms with Crippen LogP contribution in [0.2, 0.25) is 0 Å². The van der Waals surface area contributed by atoms with Crippen LogP contribution in [0.4, 0.5) is 0 Å². The zero-order chi connectivity index (χ0) is 26.2. The van der Waals surface area contributed by atoms with E-state index >= 15 is 0 Å². The molecule has 0 N–H and O–H groups in total. The lowest BCUT2D eigenvalue weighted by atomic mass is 9.67. The van der Waals surface area contributed by atoms with Gasteiger partial charge < -0.3 is 0 Å². The predicted molar refractivity (Wildman–Crippen MR) is 157 cm³/mol. The van der Waals surface area contributed by atoms with Gasteiger partial charge in [0, 0.05) is 16.5 Å². The van der Waals surface area contributed by atoms with Gasteiger partial charge in [0.1, 0.15) is 12.6 Å². The molecule has 0 heterocycles. The maximum absolute atomic E-state index is 11.1. The normalized spacial score (nSPS) is 15.9. The van der Waals surface area contributed by atoms with Gasteiger partial charge in [-0.1, -0.05) is 142 Å². The fourth-order valence-corrected chi connectivity index (χ4v) is 6.08. The van der Waals surface area contributed by atoms with Crippen molar-refractivity contribution in [1.82, 2.24) is 0 Å². The summed E-state index contributed by atoms with van der Waals surface area (Å²) in [4.78, 5) is 22.1. The molecule has 38 heavy (non-hydrogen) atoms. The number of carbonyl (C=O) groups is 2. The molecule has 0 aliphatic heterocycles. The zero-order valence-electron chi connectivity index (χ0n) is 22.1. The van der Waals surface area contributed by atoms with Crippen molar-refractivity contribution in [1.29, 1.82) is 0 Å². The van der Waals surface area contributed by atoms with E-state index in [1.54, 1.807) is 0 Å². The molecule has 192 valence electrons. The molecule has 4 aromatic carbocycles. The van der Waals surface area contributed by atoms with Gasteiger partial charge in [-0.3, -0.25) is 9.59 Å². The largest absolute Gasteiger partial charge is 0.298 e. The number of hydrogen-bond acceptors (Lipinski definition) is 2. The van der Waals surface area contributed by atoms with Gasteiger partial charge in [-0.2, -0.15) is 0 Å². The van der Waals surface area contributed by atoms with Gasteiger partial charge in [0.2, 0.25) is 0 Å². The first kappa shape index (κ1) is 25.9. The monoisotopic (exact) mass is 500 g/mol. The van der Waals surface area contributed by atoms with Gasteiger partial charge in [0.15, 0.2) is 0 Å². The Balaban J connectivity index is 1.50. The summed E-state index contributed by atoms with van der Waals surface area (Å²) >= 11 is 0. The fourth-order valence-electron chi connectivity index (χ4n) is 6.08. The van der Waals surface area contributed by atoms with Crippen molar-refractivity contribution < 1.29 is 9.59 Å². The van der Waals surface area contributed by atoms with Crippen LogP contribution in [-0.4, -0.2) is 12.6 Å². The third-order valence-corrected chi connectivity index (χ3v) is 8.34. The lowest BCUT2D eigenvalue weighted by molar-refractivity contribution is 0.111. The number of carbonyl (C=O) groups excluding carboxylic acids is 2. The summed E-state index contributed by atoms with van der Waals surface area (Å²) in [6.07, 6.45) is 13.2. The van der Waals surface area contributed by atoms with Crippen LogP contribution >= 0.6 is 0 Å². The molecule has 0 unspecified atom stereocenters. The molecule has 0 aromatic heterocycles. The molecule has 0 radical (unpaired) electrons. The molecule has 0 saturated heterocycles. The highest BCUT2D eigenvalue weighted by Gasteiger charge is 2.33. The van der Waals surface area contributed by atoms with Gasteiger partial charge in [0.05, 0.1) is 0 Å². The van der Waals surface area contributed by atoms with Crippen molar-refractivity contribution in [2.75, 3.05) is 0 Å². The zero-order valence-corrected chi connectivity index (χ0v) is 22.1. The number of rotatable bonds is 6. The van der Waals surface area contributed by atoms with Crippen LogP contribution in [0.1, 0.15) is 89.6 Å². The molecular weight excluding hydrogens is 464 g/mol. The first-order valence-electron chi connectivity index (χ1n) is 14.0. The quantitative estimate of drug-likeness (QED) is 0.247. The average molecular weight is 501 g/mol. The van der Waals surface area contributed by atoms with Crippen LogP contribution in [-0.2, 0) is 5.41 Å². The van der Waals surface area contributed by atoms with E-state index in [-0.39, 0.29) is 5.41 Å². The summed E-state index contributed by atoms with van der Waals surface area (Å²) in [7, 11) is 0. The molecule has 0 atom stereocenters. The van der Waals surface area contributed by atoms with Gasteiger partial charge in [-0.05, 0) is 46.2 Å². The molecule has 5 rings (SSSR count). The van der Waals surface area contributed by atoms with E-state index in [0.29, 0.717) is 11.1 Å². The summed E-state index contributed by atoms with van der Waals surface area (Å²) in [5, 5.41) is 0. The van der Waals surface area contributed by atoms with Crippen LogP contribution in [0, 0.1) is 0 Å². The van der Waals surface area contributed by atoms with Crippen LogP contribution in [0.5, 0.6) is 0 Å². The Morgan fingerprint density at radius 2 is 0.684 bits per heavy atom. The highest BCUT2D eigenvalue weighted by molar-refractivity contribution is 5.77. The molecule has 2 nitrogen and oxygen atoms in total. The highest BCUT2D eigenvalue weighted by atomic mass is 16.1. The standard InChI is InChI=1S/C36H36O2/c37-26-28-8-12-30(13-9-28)32-16-20-34(21-17-32)36(24-6-4-2-1-3-5-7-25-36)35-22-18-33(19-23-35)31-14-10-29(27-38)11-15-31/h8-23,26-27H,1-7,24-25H2. The van der Waals surface area contributed by atoms with Gasteiger partial charge >= 0.3 is 0 Å². The number of benzene rings is 4. The minimum Gasteiger partial charge on any atom is -0.298 e. The Morgan fingerprint density at radius 1 is 0.395 bits per heavy atom. The van der Waals surface area contributed by atoms with E-state index in [2.05, 4.69) is 48.5 Å². The third kappa shape index (κ3) is 5.70. The molecule has 0 bridgehead atoms. The molecule has 1 saturated carbocycles. The Labute approximate surface area is 226 Å². The van der Waals surface area contributed by atoms with Crippen molar-refractivity contribution >= 4 is 12.6 Å². The Morgan fingerprint density at radius 3 is 1.00 bits per heavy atom. The summed E-state index contributed by atoms with van der Waals surface area (Å²) < 4.78 is 0. The van der Waals surface area contributed by atoms with E-state index in [4.69, 9.17) is 0 Å². The average Bonchev–Trinajstić information content (AvgIpc) is 3.00. The molecule has 1 aliphatic carbocycles. The van der Waals surface area contributed by atoms with Crippen molar-refractivity contribution in [3.63, 3.8) is 0 Å². The maximum atomic E-state index is 11.1. The van der Waals surface area contributed by atoms with Crippen LogP contribution in [0.25, 0.3) is 22.3 Å². The van der Waals surface area contributed by atoms with Crippen LogP contribution < -0.4 is 0 Å². The van der Waals surface area contributed by atoms with E-state index in [1.165, 1.54) is 67.2 Å². The van der Waals surface area contributed by atoms with Crippen molar-refractivity contribution in [2.24, 2.45) is 0 Å². The summed E-state index contributed by atoms with van der Waals surface area (Å²) in [5.41, 5.74) is 8.81. The predicted octanol–water partition coefficient (Wildman–Crippen LogP) is 9.46. The molecule has 0 spiro atoms. The smallest absolute Gasteiger partial charge is 0.150 e. The van der Waals surface area contributed by atoms with E-state index < -0.39 is 0 Å². The Bertz CT molecular complexity index is 1220. The fraction of sp³-hybridized carbons (Fsp3) is 0.278. The van der Waals surface area contributed by atoms with Crippen LogP contribution in [0.3, 0.4) is 0 Å². The second-order valence-corrected chi connectivity index (χ2v) is 10.7. The molecule has 4 aromatic rings. The van der Waals surface area contributed by atoms with Crippen molar-refractivity contribution in [3.05, 3.63) is 119 Å². The minimum absolute atomic E-state index is 0.00283. The molecule has 2 heteroatoms. The van der Waals surface area contributed by atoms with Gasteiger partial charge in [0.25, 0.3) is 0 Å². The molecule has 0 amide bonds. The lowest BCUT2D eigenvalue weighted by Crippen LogP contribution is -2.28. The maximum Gasteiger partial charge on any atom is 0.150 e. The Kier molecular flexibility index (Phi) is 8.28. The summed E-state index contributed by atoms with van der Waals surface area (Å²) in [5.74, 6) is 0. The van der Waals surface area contributed by atoms with Crippen LogP contribution in [0.15, 0.2) is 97.1 Å². The van der Waals surface area contributed by atoms with Gasteiger partial charge in [-0.25, -0.2) is 0 Å². The van der Waals surface area contributed by atoms with Crippen molar-refractivity contribution in [2.45, 2.75) is 63.2 Å². The first-order valence-corrected chi connectivity index (χ1v) is 14.0. The number of hydrogen-bond donors (Lipinski definition) is 0. The van der Waals surface area contributed by atoms with Gasteiger partial charge in [-0.15, -0.1) is 0 Å².